The highest BCUT2D eigenvalue weighted by Gasteiger charge is 2.29. The minimum Gasteiger partial charge on any atom is -0.444 e. The van der Waals surface area contributed by atoms with Crippen molar-refractivity contribution in [3.05, 3.63) is 29.8 Å². The molecule has 0 spiro atoms. The van der Waals surface area contributed by atoms with Crippen LogP contribution in [0.4, 0.5) is 10.5 Å². The van der Waals surface area contributed by atoms with Gasteiger partial charge in [-0.3, -0.25) is 9.30 Å². The highest BCUT2D eigenvalue weighted by molar-refractivity contribution is 14.0. The first-order chi connectivity index (χ1) is 14.1. The predicted molar refractivity (Wildman–Crippen MR) is 133 cm³/mol. The normalized spacial score (nSPS) is 17.3. The van der Waals surface area contributed by atoms with Crippen molar-refractivity contribution < 1.29 is 17.9 Å². The summed E-state index contributed by atoms with van der Waals surface area (Å²) in [5.41, 5.74) is 7.34. The third-order valence-corrected chi connectivity index (χ3v) is 6.81. The molecular weight excluding hydrogens is 533 g/mol. The monoisotopic (exact) mass is 565 g/mol. The van der Waals surface area contributed by atoms with Gasteiger partial charge in [0.1, 0.15) is 5.60 Å². The molecule has 3 rings (SSSR count). The number of nitrogens with zero attached hydrogens (tertiary/aromatic N) is 4. The molecule has 11 heteroatoms. The van der Waals surface area contributed by atoms with Gasteiger partial charge in [0.15, 0.2) is 5.96 Å². The van der Waals surface area contributed by atoms with Gasteiger partial charge in [-0.05, 0) is 38.8 Å². The fourth-order valence-corrected chi connectivity index (χ4v) is 4.92. The number of hydrogen-bond donors (Lipinski definition) is 1. The molecule has 2 aliphatic rings. The molecule has 1 aromatic rings. The van der Waals surface area contributed by atoms with Crippen molar-refractivity contribution in [3.63, 3.8) is 0 Å². The van der Waals surface area contributed by atoms with Gasteiger partial charge < -0.3 is 20.3 Å². The Morgan fingerprint density at radius 3 is 2.35 bits per heavy atom. The maximum Gasteiger partial charge on any atom is 0.410 e. The smallest absolute Gasteiger partial charge is 0.410 e. The van der Waals surface area contributed by atoms with Crippen molar-refractivity contribution in [1.29, 1.82) is 0 Å². The number of piperazine rings is 1. The zero-order chi connectivity index (χ0) is 21.9. The molecule has 0 aliphatic carbocycles. The van der Waals surface area contributed by atoms with Crippen molar-refractivity contribution in [2.24, 2.45) is 10.7 Å². The van der Waals surface area contributed by atoms with E-state index in [1.807, 2.05) is 49.9 Å². The molecule has 0 unspecified atom stereocenters. The molecule has 0 radical (unpaired) electrons. The van der Waals surface area contributed by atoms with Crippen LogP contribution < -0.4 is 10.0 Å². The summed E-state index contributed by atoms with van der Waals surface area (Å²) in [5, 5.41) is 0. The fourth-order valence-electron chi connectivity index (χ4n) is 3.53. The van der Waals surface area contributed by atoms with Crippen LogP contribution in [-0.2, 0) is 21.2 Å². The Balaban J connectivity index is 0.00000341. The molecule has 1 saturated heterocycles. The van der Waals surface area contributed by atoms with Gasteiger partial charge in [0, 0.05) is 32.7 Å². The topological polar surface area (TPSA) is 109 Å². The van der Waals surface area contributed by atoms with Gasteiger partial charge >= 0.3 is 6.09 Å². The van der Waals surface area contributed by atoms with Crippen LogP contribution in [0.3, 0.4) is 0 Å². The zero-order valence-electron chi connectivity index (χ0n) is 18.3. The van der Waals surface area contributed by atoms with E-state index in [4.69, 9.17) is 10.5 Å². The number of para-hydroxylation sites is 1. The van der Waals surface area contributed by atoms with E-state index in [0.717, 1.165) is 17.7 Å². The molecule has 2 N–H and O–H groups in total. The molecule has 1 fully saturated rings. The van der Waals surface area contributed by atoms with Crippen LogP contribution in [0, 0.1) is 0 Å². The summed E-state index contributed by atoms with van der Waals surface area (Å²) >= 11 is 0. The average Bonchev–Trinajstić information content (AvgIpc) is 3.11. The molecule has 0 aromatic heterocycles. The molecule has 1 amide bonds. The van der Waals surface area contributed by atoms with E-state index in [9.17, 15) is 13.2 Å². The Bertz CT molecular complexity index is 908. The van der Waals surface area contributed by atoms with Crippen molar-refractivity contribution in [2.75, 3.05) is 49.3 Å². The molecule has 0 bridgehead atoms. The van der Waals surface area contributed by atoms with E-state index < -0.39 is 15.6 Å². The second-order valence-corrected chi connectivity index (χ2v) is 10.5. The molecule has 2 heterocycles. The Hall–Kier alpha value is -1.76. The van der Waals surface area contributed by atoms with Gasteiger partial charge in [0.25, 0.3) is 0 Å². The van der Waals surface area contributed by atoms with Crippen LogP contribution in [0.15, 0.2) is 29.3 Å². The summed E-state index contributed by atoms with van der Waals surface area (Å²) in [5.74, 6) is 0.204. The number of anilines is 1. The minimum absolute atomic E-state index is 0. The molecule has 0 saturated carbocycles. The zero-order valence-corrected chi connectivity index (χ0v) is 21.4. The molecule has 9 nitrogen and oxygen atoms in total. The maximum atomic E-state index is 12.7. The second-order valence-electron chi connectivity index (χ2n) is 8.46. The van der Waals surface area contributed by atoms with E-state index in [1.165, 1.54) is 4.31 Å². The number of ether oxygens (including phenoxy) is 1. The fraction of sp³-hybridized carbons (Fsp3) is 0.600. The van der Waals surface area contributed by atoms with Crippen LogP contribution >= 0.6 is 24.0 Å². The van der Waals surface area contributed by atoms with Gasteiger partial charge in [0.2, 0.25) is 10.0 Å². The third kappa shape index (κ3) is 6.61. The SMILES string of the molecule is CC(C)(C)OC(=O)N1CCN(C(N)=NCCS(=O)(=O)N2CCc3ccccc32)CC1.I. The Morgan fingerprint density at radius 2 is 1.71 bits per heavy atom. The highest BCUT2D eigenvalue weighted by atomic mass is 127. The molecule has 0 atom stereocenters. The predicted octanol–water partition coefficient (Wildman–Crippen LogP) is 1.86. The Kier molecular flexibility index (Phi) is 8.42. The lowest BCUT2D eigenvalue weighted by atomic mass is 10.2. The van der Waals surface area contributed by atoms with E-state index >= 15 is 0 Å². The largest absolute Gasteiger partial charge is 0.444 e. The summed E-state index contributed by atoms with van der Waals surface area (Å²) in [6, 6.07) is 7.56. The average molecular weight is 565 g/mol. The molecule has 31 heavy (non-hydrogen) atoms. The number of benzene rings is 1. The number of aliphatic imine (C=N–C) groups is 1. The number of sulfonamides is 1. The first-order valence-corrected chi connectivity index (χ1v) is 11.8. The molecule has 2 aliphatic heterocycles. The number of fused-ring (bicyclic) bond motifs is 1. The van der Waals surface area contributed by atoms with E-state index in [1.54, 1.807) is 4.90 Å². The van der Waals surface area contributed by atoms with Gasteiger partial charge in [-0.25, -0.2) is 13.2 Å². The van der Waals surface area contributed by atoms with Crippen LogP contribution in [0.2, 0.25) is 0 Å². The number of nitrogens with two attached hydrogens (primary N) is 1. The Morgan fingerprint density at radius 1 is 1.10 bits per heavy atom. The van der Waals surface area contributed by atoms with Crippen LogP contribution in [-0.4, -0.2) is 80.9 Å². The number of guanidine groups is 1. The van der Waals surface area contributed by atoms with Gasteiger partial charge in [-0.2, -0.15) is 0 Å². The quantitative estimate of drug-likeness (QED) is 0.339. The number of amides is 1. The van der Waals surface area contributed by atoms with E-state index in [0.29, 0.717) is 38.7 Å². The summed E-state index contributed by atoms with van der Waals surface area (Å²) in [4.78, 5) is 19.9. The lowest BCUT2D eigenvalue weighted by molar-refractivity contribution is 0.0186. The maximum absolute atomic E-state index is 12.7. The lowest BCUT2D eigenvalue weighted by Gasteiger charge is -2.36. The van der Waals surface area contributed by atoms with Crippen molar-refractivity contribution in [2.45, 2.75) is 32.8 Å². The highest BCUT2D eigenvalue weighted by Crippen LogP contribution is 2.29. The second kappa shape index (κ2) is 10.2. The summed E-state index contributed by atoms with van der Waals surface area (Å²) in [6.07, 6.45) is 0.387. The first-order valence-electron chi connectivity index (χ1n) is 10.2. The van der Waals surface area contributed by atoms with Crippen molar-refractivity contribution in [1.82, 2.24) is 9.80 Å². The van der Waals surface area contributed by atoms with Crippen LogP contribution in [0.5, 0.6) is 0 Å². The third-order valence-electron chi connectivity index (χ3n) is 5.06. The molecule has 1 aromatic carbocycles. The lowest BCUT2D eigenvalue weighted by Crippen LogP contribution is -2.53. The van der Waals surface area contributed by atoms with E-state index in [-0.39, 0.29) is 42.4 Å². The number of carbonyl (C=O) groups is 1. The number of rotatable bonds is 4. The van der Waals surface area contributed by atoms with Crippen LogP contribution in [0.1, 0.15) is 26.3 Å². The Labute approximate surface area is 201 Å². The van der Waals surface area contributed by atoms with Crippen LogP contribution in [0.25, 0.3) is 0 Å². The summed E-state index contributed by atoms with van der Waals surface area (Å²) in [6.45, 7) is 8.08. The number of carbonyl (C=O) groups excluding carboxylic acids is 1. The summed E-state index contributed by atoms with van der Waals surface area (Å²) < 4.78 is 32.3. The van der Waals surface area contributed by atoms with E-state index in [2.05, 4.69) is 4.99 Å². The number of halogens is 1. The van der Waals surface area contributed by atoms with Crippen molar-refractivity contribution >= 4 is 51.7 Å². The standard InChI is InChI=1S/C20H31N5O4S.HI/c1-20(2,3)29-19(26)24-13-11-23(12-14-24)18(21)22-9-15-30(27,28)25-10-8-16-6-4-5-7-17(16)25;/h4-7H,8-15H2,1-3H3,(H2,21,22);1H. The van der Waals surface area contributed by atoms with Crippen molar-refractivity contribution in [3.8, 4) is 0 Å². The van der Waals surface area contributed by atoms with Gasteiger partial charge in [-0.15, -0.1) is 24.0 Å². The molecule has 174 valence electrons. The first kappa shape index (κ1) is 25.5. The molecular formula is C20H32IN5O4S. The minimum atomic E-state index is -3.45. The summed E-state index contributed by atoms with van der Waals surface area (Å²) in [7, 11) is -3.45. The number of hydrogen-bond acceptors (Lipinski definition) is 5. The van der Waals surface area contributed by atoms with Gasteiger partial charge in [0.05, 0.1) is 18.0 Å². The van der Waals surface area contributed by atoms with Gasteiger partial charge in [-0.1, -0.05) is 18.2 Å².